The van der Waals surface area contributed by atoms with E-state index in [0.717, 1.165) is 0 Å². The maximum atomic E-state index is 11.2. The third-order valence-corrected chi connectivity index (χ3v) is 2.42. The second kappa shape index (κ2) is 9.58. The van der Waals surface area contributed by atoms with Gasteiger partial charge in [0.05, 0.1) is 0 Å². The summed E-state index contributed by atoms with van der Waals surface area (Å²) in [6.07, 6.45) is -0.761. The lowest BCUT2D eigenvalue weighted by molar-refractivity contribution is -0.161. The van der Waals surface area contributed by atoms with Gasteiger partial charge in [-0.3, -0.25) is 9.59 Å². The molecule has 0 saturated carbocycles. The van der Waals surface area contributed by atoms with Crippen LogP contribution in [0.25, 0.3) is 0 Å². The van der Waals surface area contributed by atoms with Crippen LogP contribution in [-0.4, -0.2) is 26.7 Å². The zero-order valence-corrected chi connectivity index (χ0v) is 14.0. The van der Waals surface area contributed by atoms with Crippen LogP contribution >= 0.6 is 45.2 Å². The van der Waals surface area contributed by atoms with E-state index >= 15 is 0 Å². The summed E-state index contributed by atoms with van der Waals surface area (Å²) in [6, 6.07) is 0. The molecule has 0 aromatic heterocycles. The summed E-state index contributed by atoms with van der Waals surface area (Å²) in [4.78, 5) is 32.9. The lowest BCUT2D eigenvalue weighted by atomic mass is 10.5. The number of alkyl halides is 2. The summed E-state index contributed by atoms with van der Waals surface area (Å²) in [5, 5.41) is 0. The first-order valence-electron chi connectivity index (χ1n) is 4.93. The van der Waals surface area contributed by atoms with Gasteiger partial charge in [-0.05, 0) is 0 Å². The number of hydrogen-bond acceptors (Lipinski definition) is 7. The first kappa shape index (κ1) is 17.7. The summed E-state index contributed by atoms with van der Waals surface area (Å²) in [5.41, 5.74) is 0. The fourth-order valence-electron chi connectivity index (χ4n) is 0.601. The number of carbonyl (C=O) groups is 3. The maximum absolute atomic E-state index is 11.2. The van der Waals surface area contributed by atoms with Crippen LogP contribution in [0.1, 0.15) is 26.7 Å². The fourth-order valence-corrected chi connectivity index (χ4v) is 1.58. The van der Waals surface area contributed by atoms with Crippen LogP contribution in [0.3, 0.4) is 0 Å². The topological polar surface area (TPSA) is 88.1 Å². The fraction of sp³-hybridized carbons (Fsp3) is 0.667. The SMILES string of the molecule is CCC(=O)OC(I)OC(=O)OC(I)OC(=O)CC. The van der Waals surface area contributed by atoms with Gasteiger partial charge < -0.3 is 18.9 Å². The van der Waals surface area contributed by atoms with Crippen molar-refractivity contribution in [3.05, 3.63) is 0 Å². The average molecular weight is 486 g/mol. The molecule has 0 aliphatic carbocycles. The molecule has 0 N–H and O–H groups in total. The van der Waals surface area contributed by atoms with E-state index < -0.39 is 26.7 Å². The summed E-state index contributed by atoms with van der Waals surface area (Å²) in [7, 11) is 0. The Labute approximate surface area is 131 Å². The summed E-state index contributed by atoms with van der Waals surface area (Å²) in [5.74, 6) is -1.02. The van der Waals surface area contributed by atoms with Gasteiger partial charge in [-0.25, -0.2) is 4.79 Å². The highest BCUT2D eigenvalue weighted by molar-refractivity contribution is 14.1. The van der Waals surface area contributed by atoms with Gasteiger partial charge in [0.15, 0.2) is 0 Å². The molecule has 0 aromatic rings. The lowest BCUT2D eigenvalue weighted by Crippen LogP contribution is -2.23. The standard InChI is InChI=1S/C9H12I2O7/c1-3-5(12)15-7(10)17-9(14)18-8(11)16-6(13)4-2/h7-8H,3-4H2,1-2H3. The Morgan fingerprint density at radius 1 is 0.833 bits per heavy atom. The number of ether oxygens (including phenoxy) is 4. The molecule has 0 heterocycles. The van der Waals surface area contributed by atoms with Gasteiger partial charge in [0.2, 0.25) is 0 Å². The van der Waals surface area contributed by atoms with Crippen molar-refractivity contribution in [2.45, 2.75) is 35.3 Å². The van der Waals surface area contributed by atoms with Crippen molar-refractivity contribution >= 4 is 63.3 Å². The zero-order chi connectivity index (χ0) is 14.1. The molecule has 0 amide bonds. The molecule has 0 spiro atoms. The van der Waals surface area contributed by atoms with E-state index in [1.807, 2.05) is 0 Å². The van der Waals surface area contributed by atoms with Crippen LogP contribution in [-0.2, 0) is 28.5 Å². The van der Waals surface area contributed by atoms with E-state index in [1.54, 1.807) is 59.0 Å². The molecule has 0 saturated heterocycles. The third-order valence-electron chi connectivity index (χ3n) is 1.40. The number of carbonyl (C=O) groups excluding carboxylic acids is 3. The smallest absolute Gasteiger partial charge is 0.416 e. The van der Waals surface area contributed by atoms with Crippen LogP contribution in [0.15, 0.2) is 0 Å². The van der Waals surface area contributed by atoms with E-state index in [-0.39, 0.29) is 12.8 Å². The van der Waals surface area contributed by atoms with E-state index in [0.29, 0.717) is 0 Å². The molecule has 0 aliphatic rings. The highest BCUT2D eigenvalue weighted by atomic mass is 127. The van der Waals surface area contributed by atoms with Crippen LogP contribution < -0.4 is 0 Å². The van der Waals surface area contributed by atoms with Gasteiger partial charge in [-0.15, -0.1) is 0 Å². The monoisotopic (exact) mass is 486 g/mol. The normalized spacial score (nSPS) is 13.1. The maximum Gasteiger partial charge on any atom is 0.515 e. The average Bonchev–Trinajstić information content (AvgIpc) is 2.27. The zero-order valence-electron chi connectivity index (χ0n) is 9.68. The van der Waals surface area contributed by atoms with Crippen molar-refractivity contribution in [2.24, 2.45) is 0 Å². The number of esters is 2. The molecule has 7 nitrogen and oxygen atoms in total. The van der Waals surface area contributed by atoms with Crippen LogP contribution in [0.2, 0.25) is 0 Å². The van der Waals surface area contributed by atoms with E-state index in [2.05, 4.69) is 18.9 Å². The molecule has 18 heavy (non-hydrogen) atoms. The first-order valence-corrected chi connectivity index (χ1v) is 7.42. The second-order valence-corrected chi connectivity index (χ2v) is 4.76. The Morgan fingerprint density at radius 3 is 1.44 bits per heavy atom. The van der Waals surface area contributed by atoms with Gasteiger partial charge >= 0.3 is 26.7 Å². The molecule has 0 aliphatic heterocycles. The predicted octanol–water partition coefficient (Wildman–Crippen LogP) is 2.48. The minimum Gasteiger partial charge on any atom is -0.416 e. The molecule has 0 bridgehead atoms. The van der Waals surface area contributed by atoms with Crippen molar-refractivity contribution in [3.8, 4) is 0 Å². The Morgan fingerprint density at radius 2 is 1.17 bits per heavy atom. The van der Waals surface area contributed by atoms with Gasteiger partial charge in [-0.1, -0.05) is 13.8 Å². The van der Waals surface area contributed by atoms with Crippen molar-refractivity contribution in [3.63, 3.8) is 0 Å². The van der Waals surface area contributed by atoms with Gasteiger partial charge in [0.1, 0.15) is 0 Å². The quantitative estimate of drug-likeness (QED) is 0.247. The molecule has 2 unspecified atom stereocenters. The summed E-state index contributed by atoms with van der Waals surface area (Å²) < 4.78 is 16.3. The Balaban J connectivity index is 3.95. The molecular formula is C9H12I2O7. The highest BCUT2D eigenvalue weighted by Gasteiger charge is 2.20. The largest absolute Gasteiger partial charge is 0.515 e. The van der Waals surface area contributed by atoms with Gasteiger partial charge in [0, 0.05) is 58.0 Å². The highest BCUT2D eigenvalue weighted by Crippen LogP contribution is 2.12. The molecule has 0 rings (SSSR count). The van der Waals surface area contributed by atoms with E-state index in [9.17, 15) is 14.4 Å². The minimum atomic E-state index is -1.10. The molecule has 0 fully saturated rings. The van der Waals surface area contributed by atoms with Gasteiger partial charge in [-0.2, -0.15) is 0 Å². The molecular weight excluding hydrogens is 474 g/mol. The molecule has 2 atom stereocenters. The summed E-state index contributed by atoms with van der Waals surface area (Å²) >= 11 is 3.20. The van der Waals surface area contributed by atoms with Crippen LogP contribution in [0, 0.1) is 0 Å². The number of hydrogen-bond donors (Lipinski definition) is 0. The molecule has 0 aromatic carbocycles. The number of halogens is 2. The Kier molecular flexibility index (Phi) is 9.40. The Bertz CT molecular complexity index is 279. The second-order valence-electron chi connectivity index (χ2n) is 2.72. The molecule has 0 radical (unpaired) electrons. The minimum absolute atomic E-state index is 0.168. The Hall–Kier alpha value is -0.330. The molecule has 9 heteroatoms. The third kappa shape index (κ3) is 8.72. The first-order chi connectivity index (χ1) is 8.38. The van der Waals surface area contributed by atoms with E-state index in [4.69, 9.17) is 0 Å². The van der Waals surface area contributed by atoms with Gasteiger partial charge in [0.25, 0.3) is 0 Å². The number of rotatable bonds is 6. The van der Waals surface area contributed by atoms with Crippen LogP contribution in [0.4, 0.5) is 4.79 Å². The van der Waals surface area contributed by atoms with Crippen molar-refractivity contribution in [1.82, 2.24) is 0 Å². The van der Waals surface area contributed by atoms with E-state index in [1.165, 1.54) is 0 Å². The molecule has 104 valence electrons. The van der Waals surface area contributed by atoms with Crippen molar-refractivity contribution < 1.29 is 33.3 Å². The van der Waals surface area contributed by atoms with Crippen molar-refractivity contribution in [1.29, 1.82) is 0 Å². The van der Waals surface area contributed by atoms with Crippen LogP contribution in [0.5, 0.6) is 0 Å². The lowest BCUT2D eigenvalue weighted by Gasteiger charge is -2.14. The summed E-state index contributed by atoms with van der Waals surface area (Å²) in [6.45, 7) is 3.21. The van der Waals surface area contributed by atoms with Crippen molar-refractivity contribution in [2.75, 3.05) is 0 Å². The predicted molar refractivity (Wildman–Crippen MR) is 75.9 cm³/mol.